The van der Waals surface area contributed by atoms with Gasteiger partial charge < -0.3 is 10.6 Å². The molecule has 3 aromatic rings. The summed E-state index contributed by atoms with van der Waals surface area (Å²) in [5.41, 5.74) is -1.17. The normalized spacial score (nSPS) is 10.6. The van der Waals surface area contributed by atoms with Crippen molar-refractivity contribution in [2.24, 2.45) is 0 Å². The Morgan fingerprint density at radius 2 is 1.57 bits per heavy atom. The molecule has 0 saturated heterocycles. The number of hydrogen-bond acceptors (Lipinski definition) is 4. The zero-order valence-electron chi connectivity index (χ0n) is 14.2. The summed E-state index contributed by atoms with van der Waals surface area (Å²) in [4.78, 5) is 20.0. The van der Waals surface area contributed by atoms with Gasteiger partial charge in [0.05, 0.1) is 5.69 Å². The van der Waals surface area contributed by atoms with Crippen molar-refractivity contribution < 1.29 is 26.7 Å². The van der Waals surface area contributed by atoms with E-state index in [1.807, 2.05) is 0 Å². The van der Waals surface area contributed by atoms with Crippen LogP contribution in [0, 0.1) is 36.0 Å². The highest BCUT2D eigenvalue weighted by molar-refractivity contribution is 6.03. The van der Waals surface area contributed by atoms with Gasteiger partial charge in [0, 0.05) is 5.69 Å². The molecule has 0 unspecified atom stereocenters. The Morgan fingerprint density at radius 3 is 2.25 bits per heavy atom. The number of anilines is 3. The second-order valence-corrected chi connectivity index (χ2v) is 5.62. The maximum atomic E-state index is 13.8. The zero-order chi connectivity index (χ0) is 20.4. The highest BCUT2D eigenvalue weighted by atomic mass is 19.2. The van der Waals surface area contributed by atoms with Gasteiger partial charge in [0.1, 0.15) is 23.0 Å². The van der Waals surface area contributed by atoms with Crippen molar-refractivity contribution in [1.82, 2.24) is 9.97 Å². The summed E-state index contributed by atoms with van der Waals surface area (Å²) >= 11 is 0. The van der Waals surface area contributed by atoms with Gasteiger partial charge >= 0.3 is 0 Å². The minimum atomic E-state index is -1.69. The minimum absolute atomic E-state index is 0.250. The highest BCUT2D eigenvalue weighted by Crippen LogP contribution is 2.23. The van der Waals surface area contributed by atoms with Crippen LogP contribution < -0.4 is 10.6 Å². The molecule has 2 aromatic carbocycles. The fourth-order valence-electron chi connectivity index (χ4n) is 2.28. The second kappa shape index (κ2) is 7.59. The van der Waals surface area contributed by atoms with Crippen LogP contribution in [0.15, 0.2) is 36.4 Å². The third-order valence-electron chi connectivity index (χ3n) is 3.57. The molecule has 0 fully saturated rings. The molecule has 0 saturated carbocycles. The lowest BCUT2D eigenvalue weighted by Crippen LogP contribution is -2.17. The lowest BCUT2D eigenvalue weighted by atomic mass is 10.2. The van der Waals surface area contributed by atoms with Crippen molar-refractivity contribution in [3.63, 3.8) is 0 Å². The molecule has 3 rings (SSSR count). The fraction of sp³-hybridized carbons (Fsp3) is 0.0556. The van der Waals surface area contributed by atoms with Crippen molar-refractivity contribution in [1.29, 1.82) is 0 Å². The number of amides is 1. The molecule has 28 heavy (non-hydrogen) atoms. The molecule has 0 aliphatic rings. The fourth-order valence-corrected chi connectivity index (χ4v) is 2.28. The number of benzene rings is 2. The molecular weight excluding hydrogens is 383 g/mol. The topological polar surface area (TPSA) is 66.9 Å². The lowest BCUT2D eigenvalue weighted by Gasteiger charge is -2.10. The molecule has 0 radical (unpaired) electrons. The second-order valence-electron chi connectivity index (χ2n) is 5.62. The number of nitrogens with zero attached hydrogens (tertiary/aromatic N) is 2. The van der Waals surface area contributed by atoms with E-state index < -0.39 is 46.4 Å². The molecule has 1 aromatic heterocycles. The average Bonchev–Trinajstić information content (AvgIpc) is 2.65. The lowest BCUT2D eigenvalue weighted by molar-refractivity contribution is 0.102. The molecule has 1 amide bonds. The number of carbonyl (C=O) groups is 1. The van der Waals surface area contributed by atoms with Crippen molar-refractivity contribution in [3.05, 3.63) is 76.9 Å². The summed E-state index contributed by atoms with van der Waals surface area (Å²) in [6, 6.07) is 5.90. The number of rotatable bonds is 4. The van der Waals surface area contributed by atoms with E-state index in [1.54, 1.807) is 0 Å². The number of aryl methyl sites for hydroxylation is 1. The van der Waals surface area contributed by atoms with Crippen LogP contribution in [0.1, 0.15) is 16.2 Å². The van der Waals surface area contributed by atoms with E-state index in [1.165, 1.54) is 13.0 Å². The van der Waals surface area contributed by atoms with Gasteiger partial charge in [-0.1, -0.05) is 6.07 Å². The van der Waals surface area contributed by atoms with Gasteiger partial charge in [-0.2, -0.15) is 0 Å². The first-order chi connectivity index (χ1) is 13.3. The number of nitrogens with one attached hydrogen (secondary N) is 2. The summed E-state index contributed by atoms with van der Waals surface area (Å²) in [7, 11) is 0. The molecule has 5 nitrogen and oxygen atoms in total. The van der Waals surface area contributed by atoms with Gasteiger partial charge in [-0.25, -0.2) is 31.9 Å². The van der Waals surface area contributed by atoms with Crippen LogP contribution in [0.2, 0.25) is 0 Å². The van der Waals surface area contributed by atoms with E-state index >= 15 is 0 Å². The van der Waals surface area contributed by atoms with Gasteiger partial charge in [0.15, 0.2) is 17.5 Å². The van der Waals surface area contributed by atoms with Crippen molar-refractivity contribution in [2.75, 3.05) is 10.6 Å². The van der Waals surface area contributed by atoms with Crippen LogP contribution >= 0.6 is 0 Å². The van der Waals surface area contributed by atoms with Gasteiger partial charge in [0.25, 0.3) is 5.91 Å². The molecule has 10 heteroatoms. The third-order valence-corrected chi connectivity index (χ3v) is 3.57. The average molecular weight is 394 g/mol. The predicted molar refractivity (Wildman–Crippen MR) is 90.7 cm³/mol. The Hall–Kier alpha value is -3.56. The van der Waals surface area contributed by atoms with E-state index in [4.69, 9.17) is 0 Å². The third kappa shape index (κ3) is 3.90. The first kappa shape index (κ1) is 19.2. The Balaban J connectivity index is 1.89. The number of carbonyl (C=O) groups excluding carboxylic acids is 1. The van der Waals surface area contributed by atoms with E-state index in [9.17, 15) is 26.7 Å². The number of para-hydroxylation sites is 1. The zero-order valence-corrected chi connectivity index (χ0v) is 14.2. The number of halogens is 5. The quantitative estimate of drug-likeness (QED) is 0.506. The molecule has 2 N–H and O–H groups in total. The standard InChI is InChI=1S/C18H11F5N4O/c1-8-7-13(17(28)27-16-10(20)3-2-4-11(16)21)26-18(24-8)25-12-6-5-9(19)14(22)15(12)23/h2-7H,1H3,(H,27,28)(H,24,25,26). The Labute approximate surface area is 155 Å². The van der Waals surface area contributed by atoms with Crippen LogP contribution in [0.4, 0.5) is 39.3 Å². The number of aromatic nitrogens is 2. The monoisotopic (exact) mass is 394 g/mol. The first-order valence-electron chi connectivity index (χ1n) is 7.78. The predicted octanol–water partition coefficient (Wildman–Crippen LogP) is 4.48. The Kier molecular flexibility index (Phi) is 5.21. The van der Waals surface area contributed by atoms with Crippen molar-refractivity contribution >= 4 is 23.2 Å². The summed E-state index contributed by atoms with van der Waals surface area (Å²) in [6.07, 6.45) is 0. The van der Waals surface area contributed by atoms with E-state index in [2.05, 4.69) is 20.6 Å². The van der Waals surface area contributed by atoms with Crippen molar-refractivity contribution in [3.8, 4) is 0 Å². The van der Waals surface area contributed by atoms with Crippen LogP contribution in [0.25, 0.3) is 0 Å². The summed E-state index contributed by atoms with van der Waals surface area (Å²) in [6.45, 7) is 1.48. The van der Waals surface area contributed by atoms with E-state index in [0.29, 0.717) is 6.07 Å². The van der Waals surface area contributed by atoms with Gasteiger partial charge in [-0.15, -0.1) is 0 Å². The Morgan fingerprint density at radius 1 is 0.893 bits per heavy atom. The molecule has 144 valence electrons. The minimum Gasteiger partial charge on any atom is -0.322 e. The maximum Gasteiger partial charge on any atom is 0.274 e. The van der Waals surface area contributed by atoms with E-state index in [-0.39, 0.29) is 17.3 Å². The highest BCUT2D eigenvalue weighted by Gasteiger charge is 2.18. The SMILES string of the molecule is Cc1cc(C(=O)Nc2c(F)cccc2F)nc(Nc2ccc(F)c(F)c2F)n1. The molecule has 1 heterocycles. The summed E-state index contributed by atoms with van der Waals surface area (Å²) in [5.74, 6) is -7.79. The first-order valence-corrected chi connectivity index (χ1v) is 7.78. The molecular formula is C18H11F5N4O. The van der Waals surface area contributed by atoms with Gasteiger partial charge in [-0.05, 0) is 37.3 Å². The molecule has 0 bridgehead atoms. The van der Waals surface area contributed by atoms with Crippen molar-refractivity contribution in [2.45, 2.75) is 6.92 Å². The molecule has 0 aliphatic heterocycles. The van der Waals surface area contributed by atoms with Crippen LogP contribution in [0.5, 0.6) is 0 Å². The summed E-state index contributed by atoms with van der Waals surface area (Å²) < 4.78 is 67.5. The number of hydrogen-bond donors (Lipinski definition) is 2. The van der Waals surface area contributed by atoms with Crippen LogP contribution in [0.3, 0.4) is 0 Å². The van der Waals surface area contributed by atoms with Crippen LogP contribution in [-0.2, 0) is 0 Å². The Bertz CT molecular complexity index is 1050. The van der Waals surface area contributed by atoms with Gasteiger partial charge in [0.2, 0.25) is 5.95 Å². The van der Waals surface area contributed by atoms with Gasteiger partial charge in [-0.3, -0.25) is 4.79 Å². The van der Waals surface area contributed by atoms with E-state index in [0.717, 1.165) is 24.3 Å². The molecule has 0 aliphatic carbocycles. The van der Waals surface area contributed by atoms with Crippen LogP contribution in [-0.4, -0.2) is 15.9 Å². The summed E-state index contributed by atoms with van der Waals surface area (Å²) in [5, 5.41) is 4.38. The molecule has 0 atom stereocenters. The maximum absolute atomic E-state index is 13.8. The smallest absolute Gasteiger partial charge is 0.274 e. The largest absolute Gasteiger partial charge is 0.322 e. The molecule has 0 spiro atoms.